The molecule has 4 heteroatoms. The maximum Gasteiger partial charge on any atom is 0.320 e. The lowest BCUT2D eigenvalue weighted by molar-refractivity contribution is -0.163. The number of benzene rings is 1. The summed E-state index contributed by atoms with van der Waals surface area (Å²) in [5.41, 5.74) is 0.441. The van der Waals surface area contributed by atoms with Crippen LogP contribution in [0.3, 0.4) is 0 Å². The highest BCUT2D eigenvalue weighted by Gasteiger charge is 2.49. The molecule has 0 aliphatic carbocycles. The number of fused-ring (bicyclic) bond motifs is 1. The summed E-state index contributed by atoms with van der Waals surface area (Å²) >= 11 is 0. The predicted octanol–water partition coefficient (Wildman–Crippen LogP) is 1.59. The second kappa shape index (κ2) is 3.53. The van der Waals surface area contributed by atoms with Crippen molar-refractivity contribution in [1.82, 2.24) is 4.98 Å². The second-order valence-electron chi connectivity index (χ2n) is 4.27. The van der Waals surface area contributed by atoms with Crippen LogP contribution in [0.2, 0.25) is 0 Å². The zero-order valence-corrected chi connectivity index (χ0v) is 9.09. The van der Waals surface area contributed by atoms with Crippen LogP contribution in [-0.4, -0.2) is 29.3 Å². The first kappa shape index (κ1) is 10.2. The van der Waals surface area contributed by atoms with E-state index >= 15 is 0 Å². The standard InChI is InChI=1S/C13H11NO3/c15-12(16)13(7-17-8-13)11-6-5-9-3-1-2-4-10(9)14-11/h1-6H,7-8H2,(H,15,16). The molecule has 2 heterocycles. The molecule has 0 bridgehead atoms. The Hall–Kier alpha value is -1.94. The van der Waals surface area contributed by atoms with E-state index in [1.54, 1.807) is 6.07 Å². The Morgan fingerprint density at radius 1 is 1.24 bits per heavy atom. The molecule has 0 atom stereocenters. The van der Waals surface area contributed by atoms with E-state index in [0.29, 0.717) is 5.69 Å². The van der Waals surface area contributed by atoms with E-state index in [9.17, 15) is 9.90 Å². The molecule has 4 nitrogen and oxygen atoms in total. The minimum atomic E-state index is -0.954. The van der Waals surface area contributed by atoms with Crippen molar-refractivity contribution >= 4 is 16.9 Å². The van der Waals surface area contributed by atoms with Crippen LogP contribution in [0.1, 0.15) is 5.69 Å². The summed E-state index contributed by atoms with van der Waals surface area (Å²) in [6, 6.07) is 11.3. The van der Waals surface area contributed by atoms with Gasteiger partial charge >= 0.3 is 5.97 Å². The molecular weight excluding hydrogens is 218 g/mol. The van der Waals surface area contributed by atoms with Crippen LogP contribution in [0.5, 0.6) is 0 Å². The molecule has 1 aliphatic rings. The largest absolute Gasteiger partial charge is 0.480 e. The van der Waals surface area contributed by atoms with E-state index in [-0.39, 0.29) is 13.2 Å². The van der Waals surface area contributed by atoms with Crippen molar-refractivity contribution in [1.29, 1.82) is 0 Å². The van der Waals surface area contributed by atoms with Crippen molar-refractivity contribution in [3.05, 3.63) is 42.1 Å². The Labute approximate surface area is 97.9 Å². The van der Waals surface area contributed by atoms with Gasteiger partial charge in [-0.2, -0.15) is 0 Å². The van der Waals surface area contributed by atoms with Crippen molar-refractivity contribution in [3.63, 3.8) is 0 Å². The monoisotopic (exact) mass is 229 g/mol. The third-order valence-corrected chi connectivity index (χ3v) is 3.20. The Kier molecular flexibility index (Phi) is 2.12. The first-order chi connectivity index (χ1) is 8.22. The molecule has 0 unspecified atom stereocenters. The molecule has 1 fully saturated rings. The number of aromatic nitrogens is 1. The molecule has 1 N–H and O–H groups in total. The summed E-state index contributed by atoms with van der Waals surface area (Å²) in [6.45, 7) is 0.404. The average Bonchev–Trinajstić information content (AvgIpc) is 2.27. The van der Waals surface area contributed by atoms with Gasteiger partial charge in [-0.3, -0.25) is 9.78 Å². The Balaban J connectivity index is 2.14. The van der Waals surface area contributed by atoms with Crippen LogP contribution in [0.4, 0.5) is 0 Å². The van der Waals surface area contributed by atoms with Gasteiger partial charge in [0.2, 0.25) is 0 Å². The maximum atomic E-state index is 11.3. The van der Waals surface area contributed by atoms with Gasteiger partial charge in [0.1, 0.15) is 0 Å². The SMILES string of the molecule is O=C(O)C1(c2ccc3ccccc3n2)COC1. The number of ether oxygens (including phenoxy) is 1. The van der Waals surface area contributed by atoms with Gasteiger partial charge in [-0.1, -0.05) is 24.3 Å². The van der Waals surface area contributed by atoms with Crippen LogP contribution < -0.4 is 0 Å². The number of aliphatic carboxylic acids is 1. The first-order valence-electron chi connectivity index (χ1n) is 5.40. The second-order valence-corrected chi connectivity index (χ2v) is 4.27. The van der Waals surface area contributed by atoms with Gasteiger partial charge in [0.25, 0.3) is 0 Å². The zero-order valence-electron chi connectivity index (χ0n) is 9.09. The van der Waals surface area contributed by atoms with Gasteiger partial charge in [0, 0.05) is 5.39 Å². The number of carboxylic acids is 1. The summed E-state index contributed by atoms with van der Waals surface area (Å²) in [7, 11) is 0. The van der Waals surface area contributed by atoms with E-state index in [1.165, 1.54) is 0 Å². The van der Waals surface area contributed by atoms with E-state index in [1.807, 2.05) is 30.3 Å². The normalized spacial score (nSPS) is 17.6. The number of para-hydroxylation sites is 1. The molecular formula is C13H11NO3. The lowest BCUT2D eigenvalue weighted by Crippen LogP contribution is -2.53. The molecule has 17 heavy (non-hydrogen) atoms. The Bertz CT molecular complexity index is 590. The number of hydrogen-bond donors (Lipinski definition) is 1. The van der Waals surface area contributed by atoms with Crippen molar-refractivity contribution in [2.45, 2.75) is 5.41 Å². The van der Waals surface area contributed by atoms with Gasteiger partial charge in [-0.25, -0.2) is 0 Å². The number of rotatable bonds is 2. The highest BCUT2D eigenvalue weighted by atomic mass is 16.5. The minimum absolute atomic E-state index is 0.202. The van der Waals surface area contributed by atoms with E-state index in [4.69, 9.17) is 4.74 Å². The van der Waals surface area contributed by atoms with Crippen molar-refractivity contribution in [2.75, 3.05) is 13.2 Å². The fourth-order valence-electron chi connectivity index (χ4n) is 2.02. The lowest BCUT2D eigenvalue weighted by Gasteiger charge is -2.36. The highest BCUT2D eigenvalue weighted by Crippen LogP contribution is 2.32. The summed E-state index contributed by atoms with van der Waals surface area (Å²) < 4.78 is 5.05. The van der Waals surface area contributed by atoms with Gasteiger partial charge in [0.05, 0.1) is 24.4 Å². The molecule has 86 valence electrons. The molecule has 1 aliphatic heterocycles. The highest BCUT2D eigenvalue weighted by molar-refractivity contribution is 5.84. The molecule has 1 aromatic carbocycles. The third kappa shape index (κ3) is 1.41. The number of pyridine rings is 1. The van der Waals surface area contributed by atoms with Crippen molar-refractivity contribution < 1.29 is 14.6 Å². The average molecular weight is 229 g/mol. The van der Waals surface area contributed by atoms with E-state index in [2.05, 4.69) is 4.98 Å². The van der Waals surface area contributed by atoms with Crippen molar-refractivity contribution in [2.24, 2.45) is 0 Å². The zero-order chi connectivity index (χ0) is 11.9. The molecule has 3 rings (SSSR count). The van der Waals surface area contributed by atoms with Crippen LogP contribution >= 0.6 is 0 Å². The molecule has 0 saturated carbocycles. The summed E-state index contributed by atoms with van der Waals surface area (Å²) in [4.78, 5) is 15.7. The van der Waals surface area contributed by atoms with Gasteiger partial charge in [-0.15, -0.1) is 0 Å². The van der Waals surface area contributed by atoms with E-state index in [0.717, 1.165) is 10.9 Å². The van der Waals surface area contributed by atoms with Crippen LogP contribution in [0, 0.1) is 0 Å². The predicted molar refractivity (Wildman–Crippen MR) is 61.9 cm³/mol. The third-order valence-electron chi connectivity index (χ3n) is 3.20. The topological polar surface area (TPSA) is 59.4 Å². The van der Waals surface area contributed by atoms with Crippen LogP contribution in [-0.2, 0) is 14.9 Å². The molecule has 0 spiro atoms. The fourth-order valence-corrected chi connectivity index (χ4v) is 2.02. The summed E-state index contributed by atoms with van der Waals surface area (Å²) in [5.74, 6) is -0.869. The molecule has 0 amide bonds. The molecule has 1 aromatic heterocycles. The number of carboxylic acid groups (broad SMARTS) is 1. The minimum Gasteiger partial charge on any atom is -0.480 e. The smallest absolute Gasteiger partial charge is 0.320 e. The van der Waals surface area contributed by atoms with E-state index < -0.39 is 11.4 Å². The molecule has 1 saturated heterocycles. The number of carbonyl (C=O) groups is 1. The Morgan fingerprint density at radius 2 is 2.00 bits per heavy atom. The van der Waals surface area contributed by atoms with Gasteiger partial charge < -0.3 is 9.84 Å². The van der Waals surface area contributed by atoms with Gasteiger partial charge in [0.15, 0.2) is 5.41 Å². The summed E-state index contributed by atoms with van der Waals surface area (Å²) in [5, 5.41) is 10.3. The quantitative estimate of drug-likeness (QED) is 0.849. The Morgan fingerprint density at radius 3 is 2.65 bits per heavy atom. The number of nitrogens with zero attached hydrogens (tertiary/aromatic N) is 1. The first-order valence-corrected chi connectivity index (χ1v) is 5.40. The fraction of sp³-hybridized carbons (Fsp3) is 0.231. The lowest BCUT2D eigenvalue weighted by atomic mass is 9.82. The molecule has 0 radical (unpaired) electrons. The van der Waals surface area contributed by atoms with Crippen LogP contribution in [0.15, 0.2) is 36.4 Å². The summed E-state index contributed by atoms with van der Waals surface area (Å²) in [6.07, 6.45) is 0. The van der Waals surface area contributed by atoms with Crippen molar-refractivity contribution in [3.8, 4) is 0 Å². The molecule has 2 aromatic rings. The maximum absolute atomic E-state index is 11.3. The van der Waals surface area contributed by atoms with Gasteiger partial charge in [-0.05, 0) is 12.1 Å². The van der Waals surface area contributed by atoms with Crippen LogP contribution in [0.25, 0.3) is 10.9 Å². The number of hydrogen-bond acceptors (Lipinski definition) is 3.